The molecule has 1 heterocycles. The standard InChI is InChI=1S/C18H17N3O3/c1-24-13-6-4-5-12(11-13)9-10-19-17(22)16-14-7-2-3-8-15(14)20-18(23)21-16/h2-8,11H,9-10H2,1H3,(H,19,22)(H,20,21,23). The lowest BCUT2D eigenvalue weighted by molar-refractivity contribution is 0.0950. The summed E-state index contributed by atoms with van der Waals surface area (Å²) in [5.74, 6) is 0.418. The summed E-state index contributed by atoms with van der Waals surface area (Å²) in [6.45, 7) is 0.439. The molecule has 0 fully saturated rings. The molecule has 0 saturated carbocycles. The summed E-state index contributed by atoms with van der Waals surface area (Å²) < 4.78 is 5.18. The highest BCUT2D eigenvalue weighted by Gasteiger charge is 2.12. The van der Waals surface area contributed by atoms with E-state index >= 15 is 0 Å². The maximum Gasteiger partial charge on any atom is 0.346 e. The minimum absolute atomic E-state index is 0.139. The molecule has 3 aromatic rings. The molecule has 1 aromatic heterocycles. The van der Waals surface area contributed by atoms with Crippen LogP contribution < -0.4 is 15.7 Å². The summed E-state index contributed by atoms with van der Waals surface area (Å²) in [5.41, 5.74) is 1.25. The van der Waals surface area contributed by atoms with Gasteiger partial charge in [0.05, 0.1) is 12.6 Å². The first-order valence-electron chi connectivity index (χ1n) is 7.57. The van der Waals surface area contributed by atoms with Gasteiger partial charge in [0.2, 0.25) is 0 Å². The third kappa shape index (κ3) is 3.43. The Bertz CT molecular complexity index is 934. The Kier molecular flexibility index (Phi) is 4.56. The molecule has 6 heteroatoms. The van der Waals surface area contributed by atoms with Crippen LogP contribution in [0.5, 0.6) is 5.75 Å². The lowest BCUT2D eigenvalue weighted by atomic mass is 10.1. The number of nitrogens with zero attached hydrogens (tertiary/aromatic N) is 1. The minimum atomic E-state index is -0.536. The lowest BCUT2D eigenvalue weighted by Crippen LogP contribution is -2.29. The van der Waals surface area contributed by atoms with Crippen LogP contribution in [0.3, 0.4) is 0 Å². The fourth-order valence-corrected chi connectivity index (χ4v) is 2.51. The number of rotatable bonds is 5. The van der Waals surface area contributed by atoms with Crippen LogP contribution in [0.15, 0.2) is 53.3 Å². The van der Waals surface area contributed by atoms with E-state index in [-0.39, 0.29) is 11.6 Å². The minimum Gasteiger partial charge on any atom is -0.497 e. The van der Waals surface area contributed by atoms with Crippen molar-refractivity contribution in [1.29, 1.82) is 0 Å². The van der Waals surface area contributed by atoms with E-state index in [1.165, 1.54) is 0 Å². The lowest BCUT2D eigenvalue weighted by Gasteiger charge is -2.08. The molecule has 24 heavy (non-hydrogen) atoms. The van der Waals surface area contributed by atoms with Crippen molar-refractivity contribution in [3.05, 3.63) is 70.3 Å². The summed E-state index contributed by atoms with van der Waals surface area (Å²) in [7, 11) is 1.62. The monoisotopic (exact) mass is 323 g/mol. The highest BCUT2D eigenvalue weighted by atomic mass is 16.5. The summed E-state index contributed by atoms with van der Waals surface area (Å²) >= 11 is 0. The predicted molar refractivity (Wildman–Crippen MR) is 91.4 cm³/mol. The predicted octanol–water partition coefficient (Wildman–Crippen LogP) is 1.90. The Balaban J connectivity index is 1.72. The molecule has 0 atom stereocenters. The van der Waals surface area contributed by atoms with E-state index in [4.69, 9.17) is 4.74 Å². The van der Waals surface area contributed by atoms with Crippen LogP contribution in [-0.4, -0.2) is 29.5 Å². The van der Waals surface area contributed by atoms with Crippen molar-refractivity contribution < 1.29 is 9.53 Å². The Morgan fingerprint density at radius 2 is 2.04 bits per heavy atom. The number of aromatic amines is 1. The first-order valence-corrected chi connectivity index (χ1v) is 7.57. The topological polar surface area (TPSA) is 84.1 Å². The largest absolute Gasteiger partial charge is 0.497 e. The van der Waals surface area contributed by atoms with Crippen LogP contribution in [0.25, 0.3) is 10.9 Å². The Morgan fingerprint density at radius 1 is 1.21 bits per heavy atom. The number of hydrogen-bond acceptors (Lipinski definition) is 4. The van der Waals surface area contributed by atoms with E-state index in [9.17, 15) is 9.59 Å². The third-order valence-electron chi connectivity index (χ3n) is 3.69. The summed E-state index contributed by atoms with van der Waals surface area (Å²) in [4.78, 5) is 30.4. The van der Waals surface area contributed by atoms with Crippen molar-refractivity contribution >= 4 is 16.8 Å². The Labute approximate surface area is 138 Å². The van der Waals surface area contributed by atoms with Gasteiger partial charge in [-0.25, -0.2) is 4.79 Å². The van der Waals surface area contributed by atoms with Gasteiger partial charge in [-0.2, -0.15) is 4.98 Å². The number of fused-ring (bicyclic) bond motifs is 1. The Morgan fingerprint density at radius 3 is 2.88 bits per heavy atom. The average Bonchev–Trinajstić information content (AvgIpc) is 2.61. The smallest absolute Gasteiger partial charge is 0.346 e. The molecular formula is C18H17N3O3. The van der Waals surface area contributed by atoms with E-state index in [1.807, 2.05) is 24.3 Å². The molecule has 0 radical (unpaired) electrons. The maximum absolute atomic E-state index is 12.4. The highest BCUT2D eigenvalue weighted by Crippen LogP contribution is 2.14. The number of benzene rings is 2. The number of carbonyl (C=O) groups excluding carboxylic acids is 1. The van der Waals surface area contributed by atoms with Gasteiger partial charge < -0.3 is 15.0 Å². The number of hydrogen-bond donors (Lipinski definition) is 2. The first-order chi connectivity index (χ1) is 11.7. The maximum atomic E-state index is 12.4. The summed E-state index contributed by atoms with van der Waals surface area (Å²) in [5, 5.41) is 3.43. The molecule has 0 aliphatic rings. The fraction of sp³-hybridized carbons (Fsp3) is 0.167. The molecule has 3 rings (SSSR count). The van der Waals surface area contributed by atoms with Crippen molar-refractivity contribution in [1.82, 2.24) is 15.3 Å². The number of H-pyrrole nitrogens is 1. The molecule has 0 unspecified atom stereocenters. The summed E-state index contributed by atoms with van der Waals surface area (Å²) in [6, 6.07) is 14.8. The van der Waals surface area contributed by atoms with Gasteiger partial charge in [-0.3, -0.25) is 4.79 Å². The zero-order chi connectivity index (χ0) is 16.9. The number of methoxy groups -OCH3 is 1. The molecule has 0 aliphatic carbocycles. The molecule has 0 spiro atoms. The number of amides is 1. The van der Waals surface area contributed by atoms with Crippen molar-refractivity contribution in [2.75, 3.05) is 13.7 Å². The number of ether oxygens (including phenoxy) is 1. The molecule has 2 N–H and O–H groups in total. The van der Waals surface area contributed by atoms with Gasteiger partial charge in [0.1, 0.15) is 11.4 Å². The first kappa shape index (κ1) is 15.7. The fourth-order valence-electron chi connectivity index (χ4n) is 2.51. The molecule has 0 bridgehead atoms. The van der Waals surface area contributed by atoms with Crippen LogP contribution in [-0.2, 0) is 6.42 Å². The van der Waals surface area contributed by atoms with E-state index in [0.717, 1.165) is 11.3 Å². The van der Waals surface area contributed by atoms with Crippen molar-refractivity contribution in [3.8, 4) is 5.75 Å². The van der Waals surface area contributed by atoms with Crippen LogP contribution >= 0.6 is 0 Å². The van der Waals surface area contributed by atoms with Crippen molar-refractivity contribution in [2.45, 2.75) is 6.42 Å². The van der Waals surface area contributed by atoms with E-state index in [0.29, 0.717) is 23.9 Å². The summed E-state index contributed by atoms with van der Waals surface area (Å²) in [6.07, 6.45) is 0.657. The Hall–Kier alpha value is -3.15. The number of para-hydroxylation sites is 1. The number of carbonyl (C=O) groups is 1. The molecular weight excluding hydrogens is 306 g/mol. The highest BCUT2D eigenvalue weighted by molar-refractivity contribution is 6.04. The SMILES string of the molecule is COc1cccc(CCNC(=O)c2nc(=O)[nH]c3ccccc23)c1. The van der Waals surface area contributed by atoms with E-state index in [1.54, 1.807) is 31.4 Å². The molecule has 6 nitrogen and oxygen atoms in total. The molecule has 2 aromatic carbocycles. The second-order valence-corrected chi connectivity index (χ2v) is 5.29. The second kappa shape index (κ2) is 6.95. The average molecular weight is 323 g/mol. The van der Waals surface area contributed by atoms with Gasteiger partial charge in [-0.15, -0.1) is 0 Å². The van der Waals surface area contributed by atoms with Crippen LogP contribution in [0.1, 0.15) is 16.1 Å². The quantitative estimate of drug-likeness (QED) is 0.751. The number of aromatic nitrogens is 2. The third-order valence-corrected chi connectivity index (χ3v) is 3.69. The number of nitrogens with one attached hydrogen (secondary N) is 2. The van der Waals surface area contributed by atoms with Crippen LogP contribution in [0.4, 0.5) is 0 Å². The molecule has 1 amide bonds. The van der Waals surface area contributed by atoms with Crippen molar-refractivity contribution in [3.63, 3.8) is 0 Å². The van der Waals surface area contributed by atoms with Gasteiger partial charge in [-0.1, -0.05) is 30.3 Å². The van der Waals surface area contributed by atoms with Gasteiger partial charge in [0.15, 0.2) is 0 Å². The molecule has 0 saturated heterocycles. The van der Waals surface area contributed by atoms with Gasteiger partial charge in [0, 0.05) is 11.9 Å². The zero-order valence-electron chi connectivity index (χ0n) is 13.2. The van der Waals surface area contributed by atoms with E-state index < -0.39 is 5.69 Å². The molecule has 122 valence electrons. The van der Waals surface area contributed by atoms with Crippen molar-refractivity contribution in [2.24, 2.45) is 0 Å². The van der Waals surface area contributed by atoms with E-state index in [2.05, 4.69) is 15.3 Å². The van der Waals surface area contributed by atoms with Crippen LogP contribution in [0, 0.1) is 0 Å². The zero-order valence-corrected chi connectivity index (χ0v) is 13.2. The van der Waals surface area contributed by atoms with Gasteiger partial charge in [-0.05, 0) is 30.2 Å². The van der Waals surface area contributed by atoms with Gasteiger partial charge >= 0.3 is 5.69 Å². The second-order valence-electron chi connectivity index (χ2n) is 5.29. The normalized spacial score (nSPS) is 10.5. The van der Waals surface area contributed by atoms with Crippen LogP contribution in [0.2, 0.25) is 0 Å². The molecule has 0 aliphatic heterocycles. The van der Waals surface area contributed by atoms with Gasteiger partial charge in [0.25, 0.3) is 5.91 Å².